The molecule has 2 aliphatic heterocycles. The molecule has 0 atom stereocenters. The van der Waals surface area contributed by atoms with Gasteiger partial charge in [-0.05, 0) is 61.6 Å². The Morgan fingerprint density at radius 2 is 1.88 bits per heavy atom. The van der Waals surface area contributed by atoms with Crippen LogP contribution in [-0.2, 0) is 13.1 Å². The van der Waals surface area contributed by atoms with Gasteiger partial charge >= 0.3 is 0 Å². The number of hydrogen-bond donors (Lipinski definition) is 0. The van der Waals surface area contributed by atoms with Crippen LogP contribution in [0, 0.1) is 11.2 Å². The minimum Gasteiger partial charge on any atom is -0.355 e. The number of halogens is 2. The third-order valence-electron chi connectivity index (χ3n) is 8.16. The molecule has 0 bridgehead atoms. The van der Waals surface area contributed by atoms with Crippen molar-refractivity contribution in [3.63, 3.8) is 0 Å². The number of nitrogens with zero attached hydrogens (tertiary/aromatic N) is 6. The molecule has 8 heteroatoms. The summed E-state index contributed by atoms with van der Waals surface area (Å²) in [6, 6.07) is 10.1. The smallest absolute Gasteiger partial charge is 0.151 e. The molecule has 1 saturated heterocycles. The van der Waals surface area contributed by atoms with Gasteiger partial charge in [0.2, 0.25) is 0 Å². The first kappa shape index (κ1) is 19.9. The number of pyridine rings is 1. The predicted molar refractivity (Wildman–Crippen MR) is 124 cm³/mol. The van der Waals surface area contributed by atoms with Gasteiger partial charge in [0.05, 0.1) is 18.4 Å². The number of fused-ring (bicyclic) bond motifs is 3. The summed E-state index contributed by atoms with van der Waals surface area (Å²) >= 11 is 6.39. The molecule has 0 radical (unpaired) electrons. The monoisotopic (exact) mass is 464 g/mol. The minimum atomic E-state index is -0.289. The lowest BCUT2D eigenvalue weighted by atomic mass is 9.57. The molecule has 6 nitrogen and oxygen atoms in total. The summed E-state index contributed by atoms with van der Waals surface area (Å²) in [4.78, 5) is 9.03. The molecule has 2 saturated carbocycles. The van der Waals surface area contributed by atoms with Gasteiger partial charge in [0.15, 0.2) is 5.82 Å². The lowest BCUT2D eigenvalue weighted by Crippen LogP contribution is -2.62. The molecule has 2 aromatic heterocycles. The summed E-state index contributed by atoms with van der Waals surface area (Å²) in [6.07, 6.45) is 7.36. The SMILES string of the molecule is Fc1ccc(N2CC3(CC(c4nnc5n4-c4ccc(Cl)cc4CN(C4CCC4)C5)C3)C2)nc1. The molecule has 7 rings (SSSR count). The predicted octanol–water partition coefficient (Wildman–Crippen LogP) is 4.71. The van der Waals surface area contributed by atoms with Gasteiger partial charge in [0.25, 0.3) is 0 Å². The highest BCUT2D eigenvalue weighted by atomic mass is 35.5. The third kappa shape index (κ3) is 3.20. The molecule has 0 amide bonds. The van der Waals surface area contributed by atoms with Crippen molar-refractivity contribution in [3.8, 4) is 5.69 Å². The first-order valence-electron chi connectivity index (χ1n) is 11.9. The summed E-state index contributed by atoms with van der Waals surface area (Å²) in [5.74, 6) is 3.12. The fourth-order valence-electron chi connectivity index (χ4n) is 6.23. The molecular formula is C25H26ClFN6. The van der Waals surface area contributed by atoms with Crippen molar-refractivity contribution >= 4 is 17.4 Å². The standard InChI is InChI=1S/C25H26ClFN6/c26-18-4-6-21-16(8-18)12-31(20-2-1-3-20)13-23-29-30-24(33(21)23)17-9-25(10-17)14-32(15-25)22-7-5-19(27)11-28-22/h4-8,11,17,20H,1-3,9-10,12-15H2. The lowest BCUT2D eigenvalue weighted by Gasteiger charge is -2.59. The number of hydrogen-bond acceptors (Lipinski definition) is 5. The number of benzene rings is 1. The molecule has 4 aliphatic rings. The van der Waals surface area contributed by atoms with Gasteiger partial charge in [-0.2, -0.15) is 0 Å². The van der Waals surface area contributed by atoms with Gasteiger partial charge < -0.3 is 4.90 Å². The fourth-order valence-corrected chi connectivity index (χ4v) is 6.43. The number of aromatic nitrogens is 4. The Morgan fingerprint density at radius 3 is 2.61 bits per heavy atom. The first-order chi connectivity index (χ1) is 16.1. The Kier molecular flexibility index (Phi) is 4.37. The zero-order chi connectivity index (χ0) is 22.2. The van der Waals surface area contributed by atoms with E-state index in [2.05, 4.69) is 36.6 Å². The van der Waals surface area contributed by atoms with E-state index >= 15 is 0 Å². The van der Waals surface area contributed by atoms with E-state index in [9.17, 15) is 4.39 Å². The lowest BCUT2D eigenvalue weighted by molar-refractivity contribution is 0.0581. The average molecular weight is 465 g/mol. The van der Waals surface area contributed by atoms with Crippen molar-refractivity contribution in [2.24, 2.45) is 5.41 Å². The maximum absolute atomic E-state index is 13.2. The van der Waals surface area contributed by atoms with E-state index in [1.54, 1.807) is 6.07 Å². The second kappa shape index (κ2) is 7.24. The minimum absolute atomic E-state index is 0.289. The Hall–Kier alpha value is -2.51. The maximum atomic E-state index is 13.2. The van der Waals surface area contributed by atoms with Crippen molar-refractivity contribution in [1.82, 2.24) is 24.6 Å². The van der Waals surface area contributed by atoms with Gasteiger partial charge in [-0.1, -0.05) is 18.0 Å². The molecular weight excluding hydrogens is 439 g/mol. The molecule has 3 aromatic rings. The zero-order valence-corrected chi connectivity index (χ0v) is 19.2. The molecule has 0 unspecified atom stereocenters. The molecule has 2 aliphatic carbocycles. The van der Waals surface area contributed by atoms with Crippen LogP contribution in [0.1, 0.15) is 55.2 Å². The normalized spacial score (nSPS) is 22.2. The van der Waals surface area contributed by atoms with Crippen LogP contribution in [0.15, 0.2) is 36.5 Å². The molecule has 0 N–H and O–H groups in total. The molecule has 3 fully saturated rings. The summed E-state index contributed by atoms with van der Waals surface area (Å²) in [5.41, 5.74) is 2.77. The molecule has 1 aromatic carbocycles. The quantitative estimate of drug-likeness (QED) is 0.562. The molecule has 170 valence electrons. The van der Waals surface area contributed by atoms with Crippen LogP contribution >= 0.6 is 11.6 Å². The number of rotatable bonds is 3. The Bertz CT molecular complexity index is 1210. The summed E-state index contributed by atoms with van der Waals surface area (Å²) < 4.78 is 15.5. The van der Waals surface area contributed by atoms with E-state index in [1.165, 1.54) is 42.8 Å². The number of anilines is 1. The van der Waals surface area contributed by atoms with Crippen molar-refractivity contribution in [1.29, 1.82) is 0 Å². The second-order valence-electron chi connectivity index (χ2n) is 10.4. The highest BCUT2D eigenvalue weighted by Crippen LogP contribution is 2.56. The van der Waals surface area contributed by atoms with Crippen molar-refractivity contribution < 1.29 is 4.39 Å². The largest absolute Gasteiger partial charge is 0.355 e. The summed E-state index contributed by atoms with van der Waals surface area (Å²) in [7, 11) is 0. The van der Waals surface area contributed by atoms with E-state index in [0.29, 0.717) is 17.4 Å². The topological polar surface area (TPSA) is 50.1 Å². The Balaban J connectivity index is 1.14. The third-order valence-corrected chi connectivity index (χ3v) is 8.39. The van der Waals surface area contributed by atoms with Crippen LogP contribution in [0.2, 0.25) is 5.02 Å². The van der Waals surface area contributed by atoms with E-state index < -0.39 is 0 Å². The van der Waals surface area contributed by atoms with Crippen LogP contribution in [0.4, 0.5) is 10.2 Å². The first-order valence-corrected chi connectivity index (χ1v) is 12.3. The Morgan fingerprint density at radius 1 is 1.03 bits per heavy atom. The second-order valence-corrected chi connectivity index (χ2v) is 10.8. The van der Waals surface area contributed by atoms with Gasteiger partial charge in [0.1, 0.15) is 17.5 Å². The van der Waals surface area contributed by atoms with E-state index in [1.807, 2.05) is 6.07 Å². The maximum Gasteiger partial charge on any atom is 0.151 e. The molecule has 33 heavy (non-hydrogen) atoms. The highest BCUT2D eigenvalue weighted by molar-refractivity contribution is 6.30. The molecule has 4 heterocycles. The van der Waals surface area contributed by atoms with E-state index in [-0.39, 0.29) is 5.82 Å². The van der Waals surface area contributed by atoms with Crippen molar-refractivity contribution in [2.45, 2.75) is 57.2 Å². The van der Waals surface area contributed by atoms with Crippen molar-refractivity contribution in [3.05, 3.63) is 64.6 Å². The summed E-state index contributed by atoms with van der Waals surface area (Å²) in [6.45, 7) is 3.71. The van der Waals surface area contributed by atoms with Crippen LogP contribution in [0.5, 0.6) is 0 Å². The van der Waals surface area contributed by atoms with Crippen LogP contribution < -0.4 is 4.90 Å². The van der Waals surface area contributed by atoms with Crippen LogP contribution in [0.3, 0.4) is 0 Å². The van der Waals surface area contributed by atoms with Crippen molar-refractivity contribution in [2.75, 3.05) is 18.0 Å². The van der Waals surface area contributed by atoms with Crippen LogP contribution in [0.25, 0.3) is 5.69 Å². The summed E-state index contributed by atoms with van der Waals surface area (Å²) in [5, 5.41) is 10.2. The fraction of sp³-hybridized carbons (Fsp3) is 0.480. The Labute approximate surface area is 197 Å². The zero-order valence-electron chi connectivity index (χ0n) is 18.4. The van der Waals surface area contributed by atoms with Gasteiger partial charge in [0, 0.05) is 42.0 Å². The van der Waals surface area contributed by atoms with Gasteiger partial charge in [-0.15, -0.1) is 10.2 Å². The highest BCUT2D eigenvalue weighted by Gasteiger charge is 2.54. The van der Waals surface area contributed by atoms with Gasteiger partial charge in [-0.3, -0.25) is 9.47 Å². The van der Waals surface area contributed by atoms with Gasteiger partial charge in [-0.25, -0.2) is 9.37 Å². The van der Waals surface area contributed by atoms with E-state index in [4.69, 9.17) is 16.7 Å². The average Bonchev–Trinajstić information content (AvgIpc) is 3.02. The van der Waals surface area contributed by atoms with E-state index in [0.717, 1.165) is 61.5 Å². The van der Waals surface area contributed by atoms with Crippen LogP contribution in [-0.4, -0.2) is 43.8 Å². The molecule has 1 spiro atoms.